The first-order valence-corrected chi connectivity index (χ1v) is 7.33. The van der Waals surface area contributed by atoms with Gasteiger partial charge in [-0.2, -0.15) is 0 Å². The number of nitrogens with one attached hydrogen (secondary N) is 1. The van der Waals surface area contributed by atoms with Crippen LogP contribution in [0.15, 0.2) is 6.07 Å². The smallest absolute Gasteiger partial charge is 0.220 e. The van der Waals surface area contributed by atoms with Crippen LogP contribution in [-0.2, 0) is 4.79 Å². The van der Waals surface area contributed by atoms with E-state index in [1.807, 2.05) is 13.8 Å². The predicted molar refractivity (Wildman–Crippen MR) is 77.9 cm³/mol. The summed E-state index contributed by atoms with van der Waals surface area (Å²) >= 11 is 1.78. The lowest BCUT2D eigenvalue weighted by atomic mass is 10.1. The van der Waals surface area contributed by atoms with E-state index in [-0.39, 0.29) is 18.0 Å². The fourth-order valence-corrected chi connectivity index (χ4v) is 3.08. The third-order valence-corrected chi connectivity index (χ3v) is 3.97. The molecule has 0 radical (unpaired) electrons. The molecular formula is C14H24N2OS. The molecule has 2 unspecified atom stereocenters. The molecule has 1 rings (SSSR count). The van der Waals surface area contributed by atoms with E-state index in [4.69, 9.17) is 5.73 Å². The van der Waals surface area contributed by atoms with Crippen LogP contribution in [0.1, 0.15) is 54.5 Å². The van der Waals surface area contributed by atoms with Crippen molar-refractivity contribution in [2.45, 2.75) is 59.0 Å². The number of carbonyl (C=O) groups is 1. The van der Waals surface area contributed by atoms with Gasteiger partial charge in [-0.15, -0.1) is 11.3 Å². The molecule has 102 valence electrons. The average molecular weight is 268 g/mol. The first kappa shape index (κ1) is 15.2. The number of hydrogen-bond donors (Lipinski definition) is 2. The molecule has 18 heavy (non-hydrogen) atoms. The summed E-state index contributed by atoms with van der Waals surface area (Å²) in [4.78, 5) is 14.4. The van der Waals surface area contributed by atoms with Crippen molar-refractivity contribution in [2.75, 3.05) is 0 Å². The number of amides is 1. The Morgan fingerprint density at radius 2 is 2.11 bits per heavy atom. The van der Waals surface area contributed by atoms with Crippen LogP contribution in [0.3, 0.4) is 0 Å². The molecule has 0 aromatic carbocycles. The summed E-state index contributed by atoms with van der Waals surface area (Å²) in [7, 11) is 0. The summed E-state index contributed by atoms with van der Waals surface area (Å²) in [6.45, 7) is 8.21. The second-order valence-corrected chi connectivity index (χ2v) is 6.49. The van der Waals surface area contributed by atoms with Gasteiger partial charge in [-0.3, -0.25) is 4.79 Å². The number of nitrogens with two attached hydrogens (primary N) is 1. The molecule has 0 aliphatic carbocycles. The molecule has 4 heteroatoms. The van der Waals surface area contributed by atoms with E-state index in [9.17, 15) is 4.79 Å². The lowest BCUT2D eigenvalue weighted by Crippen LogP contribution is -2.27. The van der Waals surface area contributed by atoms with Gasteiger partial charge >= 0.3 is 0 Å². The molecule has 3 N–H and O–H groups in total. The Labute approximate surface area is 114 Å². The minimum atomic E-state index is 0.0951. The molecule has 0 aliphatic heterocycles. The third-order valence-electron chi connectivity index (χ3n) is 2.99. The SMILES string of the molecule is Cc1cc(C(C)NC(=O)CCCC(C)N)c(C)s1. The monoisotopic (exact) mass is 268 g/mol. The molecule has 0 saturated heterocycles. The van der Waals surface area contributed by atoms with Gasteiger partial charge < -0.3 is 11.1 Å². The highest BCUT2D eigenvalue weighted by Gasteiger charge is 2.13. The zero-order valence-electron chi connectivity index (χ0n) is 11.7. The highest BCUT2D eigenvalue weighted by molar-refractivity contribution is 7.12. The molecular weight excluding hydrogens is 244 g/mol. The molecule has 1 aromatic heterocycles. The van der Waals surface area contributed by atoms with Crippen molar-refractivity contribution in [3.8, 4) is 0 Å². The van der Waals surface area contributed by atoms with Gasteiger partial charge in [0.05, 0.1) is 6.04 Å². The van der Waals surface area contributed by atoms with Crippen molar-refractivity contribution in [2.24, 2.45) is 5.73 Å². The lowest BCUT2D eigenvalue weighted by Gasteiger charge is -2.14. The minimum Gasteiger partial charge on any atom is -0.350 e. The first-order chi connectivity index (χ1) is 8.40. The third kappa shape index (κ3) is 4.78. The largest absolute Gasteiger partial charge is 0.350 e. The molecule has 1 heterocycles. The Morgan fingerprint density at radius 1 is 1.44 bits per heavy atom. The van der Waals surface area contributed by atoms with Crippen LogP contribution < -0.4 is 11.1 Å². The number of rotatable bonds is 6. The van der Waals surface area contributed by atoms with E-state index in [0.717, 1.165) is 12.8 Å². The Balaban J connectivity index is 2.42. The van der Waals surface area contributed by atoms with Gasteiger partial charge in [0.25, 0.3) is 0 Å². The topological polar surface area (TPSA) is 55.1 Å². The summed E-state index contributed by atoms with van der Waals surface area (Å²) in [5.41, 5.74) is 6.90. The van der Waals surface area contributed by atoms with Gasteiger partial charge in [0.1, 0.15) is 0 Å². The van der Waals surface area contributed by atoms with Crippen molar-refractivity contribution in [3.63, 3.8) is 0 Å². The zero-order chi connectivity index (χ0) is 13.7. The van der Waals surface area contributed by atoms with Crippen LogP contribution in [-0.4, -0.2) is 11.9 Å². The molecule has 0 saturated carbocycles. The molecule has 0 spiro atoms. The fraction of sp³-hybridized carbons (Fsp3) is 0.643. The van der Waals surface area contributed by atoms with Gasteiger partial charge in [-0.1, -0.05) is 0 Å². The molecule has 1 aromatic rings. The number of hydrogen-bond acceptors (Lipinski definition) is 3. The highest BCUT2D eigenvalue weighted by Crippen LogP contribution is 2.26. The van der Waals surface area contributed by atoms with Crippen LogP contribution >= 0.6 is 11.3 Å². The van der Waals surface area contributed by atoms with E-state index in [1.54, 1.807) is 11.3 Å². The second kappa shape index (κ2) is 6.90. The van der Waals surface area contributed by atoms with Crippen LogP contribution in [0.2, 0.25) is 0 Å². The summed E-state index contributed by atoms with van der Waals surface area (Å²) in [5.74, 6) is 0.117. The maximum Gasteiger partial charge on any atom is 0.220 e. The second-order valence-electron chi connectivity index (χ2n) is 5.03. The van der Waals surface area contributed by atoms with Crippen molar-refractivity contribution in [1.82, 2.24) is 5.32 Å². The van der Waals surface area contributed by atoms with E-state index in [1.165, 1.54) is 15.3 Å². The standard InChI is InChI=1S/C14H24N2OS/c1-9(15)6-5-7-14(17)16-11(3)13-8-10(2)18-12(13)4/h8-9,11H,5-7,15H2,1-4H3,(H,16,17). The van der Waals surface area contributed by atoms with Crippen molar-refractivity contribution in [3.05, 3.63) is 21.4 Å². The summed E-state index contributed by atoms with van der Waals surface area (Å²) < 4.78 is 0. The van der Waals surface area contributed by atoms with E-state index in [0.29, 0.717) is 6.42 Å². The van der Waals surface area contributed by atoms with Crippen LogP contribution in [0.5, 0.6) is 0 Å². The average Bonchev–Trinajstić information content (AvgIpc) is 2.57. The van der Waals surface area contributed by atoms with E-state index >= 15 is 0 Å². The minimum absolute atomic E-state index is 0.0951. The molecule has 0 fully saturated rings. The van der Waals surface area contributed by atoms with Crippen LogP contribution in [0, 0.1) is 13.8 Å². The van der Waals surface area contributed by atoms with Gasteiger partial charge in [0, 0.05) is 22.2 Å². The lowest BCUT2D eigenvalue weighted by molar-refractivity contribution is -0.121. The predicted octanol–water partition coefficient (Wildman–Crippen LogP) is 3.06. The van der Waals surface area contributed by atoms with E-state index in [2.05, 4.69) is 25.2 Å². The first-order valence-electron chi connectivity index (χ1n) is 6.52. The molecule has 0 bridgehead atoms. The molecule has 0 aliphatic rings. The van der Waals surface area contributed by atoms with Crippen LogP contribution in [0.25, 0.3) is 0 Å². The fourth-order valence-electron chi connectivity index (χ4n) is 2.06. The summed E-state index contributed by atoms with van der Waals surface area (Å²) in [5, 5.41) is 3.05. The van der Waals surface area contributed by atoms with Gasteiger partial charge in [-0.05, 0) is 52.2 Å². The van der Waals surface area contributed by atoms with Crippen molar-refractivity contribution in [1.29, 1.82) is 0 Å². The van der Waals surface area contributed by atoms with E-state index < -0.39 is 0 Å². The normalized spacial score (nSPS) is 14.3. The molecule has 1 amide bonds. The Morgan fingerprint density at radius 3 is 2.61 bits per heavy atom. The highest BCUT2D eigenvalue weighted by atomic mass is 32.1. The molecule has 3 nitrogen and oxygen atoms in total. The number of aryl methyl sites for hydroxylation is 2. The summed E-state index contributed by atoms with van der Waals surface area (Å²) in [6, 6.07) is 2.43. The summed E-state index contributed by atoms with van der Waals surface area (Å²) in [6.07, 6.45) is 2.32. The maximum atomic E-state index is 11.8. The Hall–Kier alpha value is -0.870. The van der Waals surface area contributed by atoms with Crippen molar-refractivity contribution < 1.29 is 4.79 Å². The van der Waals surface area contributed by atoms with Gasteiger partial charge in [0.2, 0.25) is 5.91 Å². The number of thiophene rings is 1. The number of carbonyl (C=O) groups excluding carboxylic acids is 1. The zero-order valence-corrected chi connectivity index (χ0v) is 12.6. The van der Waals surface area contributed by atoms with Gasteiger partial charge in [0.15, 0.2) is 0 Å². The van der Waals surface area contributed by atoms with Crippen LogP contribution in [0.4, 0.5) is 0 Å². The Kier molecular flexibility index (Phi) is 5.82. The van der Waals surface area contributed by atoms with Crippen molar-refractivity contribution >= 4 is 17.2 Å². The Bertz CT molecular complexity index is 398. The van der Waals surface area contributed by atoms with Gasteiger partial charge in [-0.25, -0.2) is 0 Å². The molecule has 2 atom stereocenters. The quantitative estimate of drug-likeness (QED) is 0.833. The maximum absolute atomic E-state index is 11.8.